The Balaban J connectivity index is 1.75. The minimum absolute atomic E-state index is 0.0172. The number of carbonyl (C=O) groups is 2. The molecule has 3 N–H and O–H groups in total. The summed E-state index contributed by atoms with van der Waals surface area (Å²) in [6.45, 7) is 7.83. The third-order valence-corrected chi connectivity index (χ3v) is 8.36. The van der Waals surface area contributed by atoms with Crippen LogP contribution in [0.5, 0.6) is 0 Å². The fourth-order valence-electron chi connectivity index (χ4n) is 6.99. The van der Waals surface area contributed by atoms with Crippen molar-refractivity contribution in [3.05, 3.63) is 23.8 Å². The first-order valence-corrected chi connectivity index (χ1v) is 10.8. The van der Waals surface area contributed by atoms with Gasteiger partial charge in [-0.25, -0.2) is 0 Å². The molecular formula is C23H34N2O3. The van der Waals surface area contributed by atoms with Crippen LogP contribution in [0.1, 0.15) is 59.8 Å². The zero-order valence-electron chi connectivity index (χ0n) is 17.5. The molecule has 4 aliphatic rings. The Morgan fingerprint density at radius 1 is 1.11 bits per heavy atom. The molecule has 0 aromatic rings. The minimum Gasteiger partial charge on any atom is -0.389 e. The number of nitrogens with one attached hydrogen (secondary N) is 2. The van der Waals surface area contributed by atoms with Crippen molar-refractivity contribution in [2.45, 2.75) is 78.0 Å². The Kier molecular flexibility index (Phi) is 4.72. The lowest BCUT2D eigenvalue weighted by molar-refractivity contribution is -0.121. The molecule has 28 heavy (non-hydrogen) atoms. The van der Waals surface area contributed by atoms with E-state index in [9.17, 15) is 14.7 Å². The molecule has 0 unspecified atom stereocenters. The second-order valence-electron chi connectivity index (χ2n) is 10.0. The van der Waals surface area contributed by atoms with E-state index < -0.39 is 6.10 Å². The number of carbonyl (C=O) groups excluding carboxylic acids is 2. The molecule has 0 bridgehead atoms. The summed E-state index contributed by atoms with van der Waals surface area (Å²) in [5.41, 5.74) is 1.42. The maximum absolute atomic E-state index is 12.0. The van der Waals surface area contributed by atoms with Crippen LogP contribution in [0.4, 0.5) is 0 Å². The zero-order valence-corrected chi connectivity index (χ0v) is 17.5. The number of aliphatic hydroxyl groups is 1. The number of allylic oxidation sites excluding steroid dienone is 2. The fraction of sp³-hybridized carbons (Fsp3) is 0.739. The van der Waals surface area contributed by atoms with Gasteiger partial charge < -0.3 is 15.7 Å². The van der Waals surface area contributed by atoms with Gasteiger partial charge >= 0.3 is 0 Å². The standard InChI is InChI=1S/C23H34N2O3/c1-13(26)24-19-12-15-11-16(28)7-9-22(15,3)18-8-10-23(4)17(21(18)19)5-6-20(23)25-14(2)27/h7-9,15-17,19-21,28H,5-6,10-12H2,1-4H3,(H,24,26)(H,25,27)/t15-,16-,17-,19-,20-,21-,22-,23-/m0/s1. The van der Waals surface area contributed by atoms with E-state index in [2.05, 4.69) is 36.6 Å². The average molecular weight is 387 g/mol. The fourth-order valence-corrected chi connectivity index (χ4v) is 6.99. The van der Waals surface area contributed by atoms with Gasteiger partial charge in [-0.3, -0.25) is 9.59 Å². The van der Waals surface area contributed by atoms with Gasteiger partial charge in [0.05, 0.1) is 6.10 Å². The van der Waals surface area contributed by atoms with Crippen LogP contribution >= 0.6 is 0 Å². The van der Waals surface area contributed by atoms with Gasteiger partial charge in [0.25, 0.3) is 0 Å². The summed E-state index contributed by atoms with van der Waals surface area (Å²) in [5.74, 6) is 1.13. The molecule has 5 heteroatoms. The lowest BCUT2D eigenvalue weighted by atomic mass is 9.49. The molecule has 2 amide bonds. The maximum atomic E-state index is 12.0. The highest BCUT2D eigenvalue weighted by Crippen LogP contribution is 2.63. The van der Waals surface area contributed by atoms with Crippen molar-refractivity contribution >= 4 is 11.8 Å². The van der Waals surface area contributed by atoms with Crippen molar-refractivity contribution in [3.63, 3.8) is 0 Å². The summed E-state index contributed by atoms with van der Waals surface area (Å²) in [6.07, 6.45) is 10.9. The Bertz CT molecular complexity index is 744. The summed E-state index contributed by atoms with van der Waals surface area (Å²) in [7, 11) is 0. The summed E-state index contributed by atoms with van der Waals surface area (Å²) in [6, 6.07) is 0.293. The van der Waals surface area contributed by atoms with E-state index in [1.807, 2.05) is 6.08 Å². The van der Waals surface area contributed by atoms with Crippen LogP contribution < -0.4 is 10.6 Å². The van der Waals surface area contributed by atoms with Crippen LogP contribution in [0, 0.1) is 28.6 Å². The van der Waals surface area contributed by atoms with E-state index in [1.54, 1.807) is 13.8 Å². The Morgan fingerprint density at radius 3 is 2.50 bits per heavy atom. The lowest BCUT2D eigenvalue weighted by Crippen LogP contribution is -2.58. The number of aliphatic hydroxyl groups excluding tert-OH is 1. The first-order chi connectivity index (χ1) is 13.1. The molecule has 0 spiro atoms. The van der Waals surface area contributed by atoms with Gasteiger partial charge in [0.2, 0.25) is 11.8 Å². The molecular weight excluding hydrogens is 352 g/mol. The molecule has 2 saturated carbocycles. The largest absolute Gasteiger partial charge is 0.389 e. The van der Waals surface area contributed by atoms with Gasteiger partial charge in [-0.05, 0) is 49.4 Å². The van der Waals surface area contributed by atoms with E-state index in [1.165, 1.54) is 5.57 Å². The molecule has 154 valence electrons. The quantitative estimate of drug-likeness (QED) is 0.639. The highest BCUT2D eigenvalue weighted by atomic mass is 16.3. The van der Waals surface area contributed by atoms with E-state index in [0.29, 0.717) is 17.8 Å². The van der Waals surface area contributed by atoms with Crippen LogP contribution in [0.3, 0.4) is 0 Å². The lowest BCUT2D eigenvalue weighted by Gasteiger charge is -2.57. The highest BCUT2D eigenvalue weighted by Gasteiger charge is 2.59. The molecule has 0 aromatic carbocycles. The second-order valence-corrected chi connectivity index (χ2v) is 10.0. The third kappa shape index (κ3) is 2.94. The molecule has 0 radical (unpaired) electrons. The molecule has 0 heterocycles. The number of fused-ring (bicyclic) bond motifs is 5. The first kappa shape index (κ1) is 19.7. The molecule has 8 atom stereocenters. The Labute approximate surface area is 168 Å². The van der Waals surface area contributed by atoms with Gasteiger partial charge in [-0.1, -0.05) is 37.6 Å². The molecule has 0 aliphatic heterocycles. The Hall–Kier alpha value is -1.62. The zero-order chi connectivity index (χ0) is 20.3. The molecule has 5 nitrogen and oxygen atoms in total. The van der Waals surface area contributed by atoms with Crippen molar-refractivity contribution in [3.8, 4) is 0 Å². The summed E-state index contributed by atoms with van der Waals surface area (Å²) in [5, 5.41) is 16.7. The van der Waals surface area contributed by atoms with Crippen LogP contribution in [-0.4, -0.2) is 35.1 Å². The van der Waals surface area contributed by atoms with E-state index >= 15 is 0 Å². The summed E-state index contributed by atoms with van der Waals surface area (Å²) < 4.78 is 0. The molecule has 4 aliphatic carbocycles. The van der Waals surface area contributed by atoms with Gasteiger partial charge in [0.15, 0.2) is 0 Å². The maximum Gasteiger partial charge on any atom is 0.217 e. The normalized spacial score (nSPS) is 46.7. The van der Waals surface area contributed by atoms with Crippen LogP contribution in [0.25, 0.3) is 0 Å². The predicted octanol–water partition coefficient (Wildman–Crippen LogP) is 2.71. The van der Waals surface area contributed by atoms with Gasteiger partial charge in [-0.15, -0.1) is 0 Å². The number of hydrogen-bond acceptors (Lipinski definition) is 3. The third-order valence-electron chi connectivity index (χ3n) is 8.36. The molecule has 0 saturated heterocycles. The van der Waals surface area contributed by atoms with Crippen molar-refractivity contribution in [1.29, 1.82) is 0 Å². The number of rotatable bonds is 2. The monoisotopic (exact) mass is 386 g/mol. The van der Waals surface area contributed by atoms with Crippen molar-refractivity contribution in [1.82, 2.24) is 10.6 Å². The van der Waals surface area contributed by atoms with E-state index in [0.717, 1.165) is 32.1 Å². The summed E-state index contributed by atoms with van der Waals surface area (Å²) in [4.78, 5) is 23.8. The van der Waals surface area contributed by atoms with Crippen molar-refractivity contribution in [2.24, 2.45) is 28.6 Å². The summed E-state index contributed by atoms with van der Waals surface area (Å²) >= 11 is 0. The molecule has 4 rings (SSSR count). The van der Waals surface area contributed by atoms with Gasteiger partial charge in [0, 0.05) is 37.3 Å². The number of amides is 2. The van der Waals surface area contributed by atoms with Crippen LogP contribution in [0.2, 0.25) is 0 Å². The number of hydrogen-bond donors (Lipinski definition) is 3. The highest BCUT2D eigenvalue weighted by molar-refractivity contribution is 5.74. The smallest absolute Gasteiger partial charge is 0.217 e. The minimum atomic E-state index is -0.391. The van der Waals surface area contributed by atoms with Gasteiger partial charge in [0.1, 0.15) is 0 Å². The van der Waals surface area contributed by atoms with E-state index in [-0.39, 0.29) is 34.7 Å². The Morgan fingerprint density at radius 2 is 1.82 bits per heavy atom. The van der Waals surface area contributed by atoms with Crippen molar-refractivity contribution in [2.75, 3.05) is 0 Å². The topological polar surface area (TPSA) is 78.4 Å². The van der Waals surface area contributed by atoms with Crippen LogP contribution in [0.15, 0.2) is 23.8 Å². The first-order valence-electron chi connectivity index (χ1n) is 10.8. The average Bonchev–Trinajstić information content (AvgIpc) is 2.92. The molecule has 0 aromatic heterocycles. The van der Waals surface area contributed by atoms with E-state index in [4.69, 9.17) is 0 Å². The van der Waals surface area contributed by atoms with Crippen molar-refractivity contribution < 1.29 is 14.7 Å². The molecule has 2 fully saturated rings. The van der Waals surface area contributed by atoms with Crippen LogP contribution in [-0.2, 0) is 9.59 Å². The SMILES string of the molecule is CC(=O)N[C@H]1C[C@@H]2C[C@@H](O)C=C[C@]2(C)C2=CC[C@]3(C)[C@@H](NC(C)=O)CC[C@H]3[C@@H]21. The second kappa shape index (κ2) is 6.72. The van der Waals surface area contributed by atoms with Gasteiger partial charge in [-0.2, -0.15) is 0 Å². The predicted molar refractivity (Wildman–Crippen MR) is 108 cm³/mol.